The van der Waals surface area contributed by atoms with Gasteiger partial charge in [0.25, 0.3) is 5.91 Å². The number of rotatable bonds is 7. The van der Waals surface area contributed by atoms with Crippen molar-refractivity contribution in [2.75, 3.05) is 20.3 Å². The molecule has 0 aliphatic heterocycles. The maximum Gasteiger partial charge on any atom is 0.336 e. The summed E-state index contributed by atoms with van der Waals surface area (Å²) in [6.07, 6.45) is 2.64. The summed E-state index contributed by atoms with van der Waals surface area (Å²) in [4.78, 5) is 26.9. The van der Waals surface area contributed by atoms with E-state index in [0.29, 0.717) is 24.3 Å². The van der Waals surface area contributed by atoms with Crippen LogP contribution in [0, 0.1) is 6.92 Å². The maximum absolute atomic E-state index is 12.1. The van der Waals surface area contributed by atoms with Gasteiger partial charge in [-0.15, -0.1) is 0 Å². The van der Waals surface area contributed by atoms with Crippen LogP contribution < -0.4 is 20.4 Å². The van der Waals surface area contributed by atoms with E-state index in [1.54, 1.807) is 19.2 Å². The number of nitrogens with one attached hydrogen (secondary N) is 2. The number of H-pyrrole nitrogens is 1. The number of ether oxygens (including phenoxy) is 2. The lowest BCUT2D eigenvalue weighted by molar-refractivity contribution is -0.123. The third kappa shape index (κ3) is 4.15. The Morgan fingerprint density at radius 1 is 1.10 bits per heavy atom. The molecule has 2 aromatic heterocycles. The molecular formula is C23H22N2O5. The molecule has 2 heterocycles. The minimum absolute atomic E-state index is 0.118. The molecule has 4 aromatic rings. The van der Waals surface area contributed by atoms with Crippen LogP contribution in [-0.2, 0) is 11.2 Å². The second-order valence-corrected chi connectivity index (χ2v) is 7.02. The topological polar surface area (TPSA) is 93.6 Å². The van der Waals surface area contributed by atoms with Crippen LogP contribution >= 0.6 is 0 Å². The molecule has 0 fully saturated rings. The van der Waals surface area contributed by atoms with Crippen LogP contribution in [0.25, 0.3) is 21.9 Å². The van der Waals surface area contributed by atoms with Gasteiger partial charge in [-0.05, 0) is 48.7 Å². The molecule has 0 spiro atoms. The van der Waals surface area contributed by atoms with E-state index in [0.717, 1.165) is 33.2 Å². The molecule has 30 heavy (non-hydrogen) atoms. The fraction of sp³-hybridized carbons (Fsp3) is 0.217. The molecule has 7 nitrogen and oxygen atoms in total. The number of benzene rings is 2. The number of amides is 1. The van der Waals surface area contributed by atoms with E-state index in [-0.39, 0.29) is 12.5 Å². The highest BCUT2D eigenvalue weighted by Crippen LogP contribution is 2.24. The van der Waals surface area contributed by atoms with Crippen LogP contribution in [0.4, 0.5) is 0 Å². The fourth-order valence-electron chi connectivity index (χ4n) is 3.43. The second-order valence-electron chi connectivity index (χ2n) is 7.02. The summed E-state index contributed by atoms with van der Waals surface area (Å²) < 4.78 is 16.0. The summed E-state index contributed by atoms with van der Waals surface area (Å²) in [5.74, 6) is 1.05. The predicted octanol–water partition coefficient (Wildman–Crippen LogP) is 3.33. The Bertz CT molecular complexity index is 1270. The molecule has 2 N–H and O–H groups in total. The van der Waals surface area contributed by atoms with Crippen molar-refractivity contribution in [1.29, 1.82) is 0 Å². The van der Waals surface area contributed by atoms with Crippen LogP contribution in [0.3, 0.4) is 0 Å². The average Bonchev–Trinajstić information content (AvgIpc) is 3.14. The molecule has 0 saturated carbocycles. The molecule has 0 radical (unpaired) electrons. The summed E-state index contributed by atoms with van der Waals surface area (Å²) >= 11 is 0. The molecule has 0 unspecified atom stereocenters. The fourth-order valence-corrected chi connectivity index (χ4v) is 3.43. The van der Waals surface area contributed by atoms with Gasteiger partial charge >= 0.3 is 5.63 Å². The number of methoxy groups -OCH3 is 1. The lowest BCUT2D eigenvalue weighted by Gasteiger charge is -2.08. The van der Waals surface area contributed by atoms with Crippen LogP contribution in [0.2, 0.25) is 0 Å². The summed E-state index contributed by atoms with van der Waals surface area (Å²) in [7, 11) is 1.64. The zero-order valence-corrected chi connectivity index (χ0v) is 16.8. The first-order valence-corrected chi connectivity index (χ1v) is 9.61. The van der Waals surface area contributed by atoms with Gasteiger partial charge in [-0.3, -0.25) is 4.79 Å². The summed E-state index contributed by atoms with van der Waals surface area (Å²) in [6, 6.07) is 12.5. The normalized spacial score (nSPS) is 11.0. The molecule has 154 valence electrons. The molecule has 0 saturated heterocycles. The van der Waals surface area contributed by atoms with Crippen LogP contribution in [0.5, 0.6) is 11.5 Å². The molecule has 2 aromatic carbocycles. The Kier molecular flexibility index (Phi) is 5.43. The minimum atomic E-state index is -0.411. The van der Waals surface area contributed by atoms with Gasteiger partial charge in [-0.1, -0.05) is 0 Å². The summed E-state index contributed by atoms with van der Waals surface area (Å²) in [5.41, 5.74) is 2.98. The SMILES string of the molecule is COc1ccc2c(CCNC(=O)COc3ccc4c(C)cc(=O)oc4c3)c[nH]c2c1. The van der Waals surface area contributed by atoms with Crippen molar-refractivity contribution in [2.24, 2.45) is 0 Å². The van der Waals surface area contributed by atoms with E-state index < -0.39 is 5.63 Å². The minimum Gasteiger partial charge on any atom is -0.497 e. The summed E-state index contributed by atoms with van der Waals surface area (Å²) in [6.45, 7) is 2.22. The highest BCUT2D eigenvalue weighted by Gasteiger charge is 2.08. The molecule has 0 bridgehead atoms. The van der Waals surface area contributed by atoms with Crippen molar-refractivity contribution < 1.29 is 18.7 Å². The molecule has 0 aliphatic rings. The smallest absolute Gasteiger partial charge is 0.336 e. The van der Waals surface area contributed by atoms with Crippen molar-refractivity contribution >= 4 is 27.8 Å². The first kappa shape index (κ1) is 19.6. The zero-order valence-electron chi connectivity index (χ0n) is 16.8. The van der Waals surface area contributed by atoms with Gasteiger partial charge in [0, 0.05) is 47.2 Å². The highest BCUT2D eigenvalue weighted by molar-refractivity contribution is 5.85. The Morgan fingerprint density at radius 3 is 2.73 bits per heavy atom. The van der Waals surface area contributed by atoms with E-state index in [1.165, 1.54) is 6.07 Å². The Labute approximate surface area is 172 Å². The van der Waals surface area contributed by atoms with Gasteiger partial charge in [0.1, 0.15) is 17.1 Å². The first-order valence-electron chi connectivity index (χ1n) is 9.61. The van der Waals surface area contributed by atoms with Crippen molar-refractivity contribution in [2.45, 2.75) is 13.3 Å². The van der Waals surface area contributed by atoms with Crippen molar-refractivity contribution in [3.8, 4) is 11.5 Å². The zero-order chi connectivity index (χ0) is 21.1. The number of carbonyl (C=O) groups is 1. The lowest BCUT2D eigenvalue weighted by Crippen LogP contribution is -2.30. The molecule has 7 heteroatoms. The maximum atomic E-state index is 12.1. The predicted molar refractivity (Wildman–Crippen MR) is 114 cm³/mol. The van der Waals surface area contributed by atoms with Gasteiger partial charge < -0.3 is 24.2 Å². The second kappa shape index (κ2) is 8.32. The van der Waals surface area contributed by atoms with Gasteiger partial charge in [-0.2, -0.15) is 0 Å². The van der Waals surface area contributed by atoms with Gasteiger partial charge in [-0.25, -0.2) is 4.79 Å². The number of aromatic amines is 1. The van der Waals surface area contributed by atoms with E-state index in [9.17, 15) is 9.59 Å². The summed E-state index contributed by atoms with van der Waals surface area (Å²) in [5, 5.41) is 4.80. The molecule has 0 aliphatic carbocycles. The number of aromatic nitrogens is 1. The number of hydrogen-bond acceptors (Lipinski definition) is 5. The van der Waals surface area contributed by atoms with Gasteiger partial charge in [0.05, 0.1) is 7.11 Å². The molecule has 0 atom stereocenters. The lowest BCUT2D eigenvalue weighted by atomic mass is 10.1. The van der Waals surface area contributed by atoms with E-state index >= 15 is 0 Å². The quantitative estimate of drug-likeness (QED) is 0.459. The molecule has 1 amide bonds. The van der Waals surface area contributed by atoms with E-state index in [4.69, 9.17) is 13.9 Å². The van der Waals surface area contributed by atoms with Crippen molar-refractivity contribution in [3.63, 3.8) is 0 Å². The third-order valence-electron chi connectivity index (χ3n) is 4.98. The Morgan fingerprint density at radius 2 is 1.90 bits per heavy atom. The highest BCUT2D eigenvalue weighted by atomic mass is 16.5. The number of hydrogen-bond donors (Lipinski definition) is 2. The number of aryl methyl sites for hydroxylation is 1. The van der Waals surface area contributed by atoms with E-state index in [1.807, 2.05) is 37.4 Å². The Hall–Kier alpha value is -3.74. The van der Waals surface area contributed by atoms with Crippen molar-refractivity contribution in [3.05, 3.63) is 70.2 Å². The molecule has 4 rings (SSSR count). The standard InChI is InChI=1S/C23H22N2O5/c1-14-9-23(27)30-21-11-17(4-5-18(14)21)29-13-22(26)24-8-7-15-12-25-20-10-16(28-2)3-6-19(15)20/h3-6,9-12,25H,7-8,13H2,1-2H3,(H,24,26). The van der Waals surface area contributed by atoms with Gasteiger partial charge in [0.15, 0.2) is 6.61 Å². The Balaban J connectivity index is 1.31. The monoisotopic (exact) mass is 406 g/mol. The van der Waals surface area contributed by atoms with E-state index in [2.05, 4.69) is 10.3 Å². The number of carbonyl (C=O) groups excluding carboxylic acids is 1. The van der Waals surface area contributed by atoms with Crippen LogP contribution in [0.1, 0.15) is 11.1 Å². The average molecular weight is 406 g/mol. The van der Waals surface area contributed by atoms with Crippen molar-refractivity contribution in [1.82, 2.24) is 10.3 Å². The van der Waals surface area contributed by atoms with Crippen LogP contribution in [-0.4, -0.2) is 31.2 Å². The van der Waals surface area contributed by atoms with Crippen LogP contribution in [0.15, 0.2) is 57.9 Å². The molecular weight excluding hydrogens is 384 g/mol. The van der Waals surface area contributed by atoms with Gasteiger partial charge in [0.2, 0.25) is 0 Å². The number of fused-ring (bicyclic) bond motifs is 2. The largest absolute Gasteiger partial charge is 0.497 e. The first-order chi connectivity index (χ1) is 14.5. The third-order valence-corrected chi connectivity index (χ3v) is 4.98.